The monoisotopic (exact) mass is 345 g/mol. The standard InChI is InChI=1S/C17H19N3O3S/c21-16(15-11-24-12-19-15)20-6-3-17(4-7-20)8-14(10-22-17)23-13-2-1-5-18-9-13/h1-2,5,9,11-12,14H,3-4,6-8,10H2. The lowest BCUT2D eigenvalue weighted by molar-refractivity contribution is -0.0396. The van der Waals surface area contributed by atoms with Crippen LogP contribution in [0, 0.1) is 0 Å². The summed E-state index contributed by atoms with van der Waals surface area (Å²) in [6, 6.07) is 3.77. The fraction of sp³-hybridized carbons (Fsp3) is 0.471. The Kier molecular flexibility index (Phi) is 4.20. The number of carbonyl (C=O) groups excluding carboxylic acids is 1. The molecular formula is C17H19N3O3S. The number of hydrogen-bond donors (Lipinski definition) is 0. The van der Waals surface area contributed by atoms with Crippen LogP contribution in [0.3, 0.4) is 0 Å². The summed E-state index contributed by atoms with van der Waals surface area (Å²) in [5.74, 6) is 0.798. The molecule has 7 heteroatoms. The van der Waals surface area contributed by atoms with Gasteiger partial charge < -0.3 is 14.4 Å². The minimum Gasteiger partial charge on any atom is -0.486 e. The van der Waals surface area contributed by atoms with Crippen LogP contribution in [0.15, 0.2) is 35.4 Å². The lowest BCUT2D eigenvalue weighted by Gasteiger charge is -2.38. The number of carbonyl (C=O) groups is 1. The average Bonchev–Trinajstić information content (AvgIpc) is 3.27. The number of likely N-dealkylation sites (tertiary alicyclic amines) is 1. The van der Waals surface area contributed by atoms with Gasteiger partial charge in [-0.3, -0.25) is 9.78 Å². The predicted molar refractivity (Wildman–Crippen MR) is 89.2 cm³/mol. The summed E-state index contributed by atoms with van der Waals surface area (Å²) in [6.45, 7) is 2.00. The zero-order valence-corrected chi connectivity index (χ0v) is 14.1. The molecule has 1 unspecified atom stereocenters. The fourth-order valence-corrected chi connectivity index (χ4v) is 3.96. The van der Waals surface area contributed by atoms with E-state index in [-0.39, 0.29) is 17.6 Å². The molecule has 0 radical (unpaired) electrons. The van der Waals surface area contributed by atoms with Gasteiger partial charge in [0, 0.05) is 31.1 Å². The number of ether oxygens (including phenoxy) is 2. The van der Waals surface area contributed by atoms with E-state index < -0.39 is 0 Å². The molecular weight excluding hydrogens is 326 g/mol. The smallest absolute Gasteiger partial charge is 0.273 e. The molecule has 0 aromatic carbocycles. The van der Waals surface area contributed by atoms with Gasteiger partial charge in [0.05, 0.1) is 23.9 Å². The first-order valence-corrected chi connectivity index (χ1v) is 9.07. The van der Waals surface area contributed by atoms with Crippen LogP contribution in [0.4, 0.5) is 0 Å². The Morgan fingerprint density at radius 3 is 3.00 bits per heavy atom. The largest absolute Gasteiger partial charge is 0.486 e. The van der Waals surface area contributed by atoms with Crippen molar-refractivity contribution in [2.75, 3.05) is 19.7 Å². The van der Waals surface area contributed by atoms with Gasteiger partial charge in [-0.2, -0.15) is 0 Å². The number of thiazole rings is 1. The molecule has 2 aromatic heterocycles. The van der Waals surface area contributed by atoms with Gasteiger partial charge in [-0.05, 0) is 25.0 Å². The molecule has 2 aliphatic rings. The number of hydrogen-bond acceptors (Lipinski definition) is 6. The number of pyridine rings is 1. The maximum Gasteiger partial charge on any atom is 0.273 e. The zero-order valence-electron chi connectivity index (χ0n) is 13.3. The first-order chi connectivity index (χ1) is 11.7. The predicted octanol–water partition coefficient (Wildman–Crippen LogP) is 2.38. The summed E-state index contributed by atoms with van der Waals surface area (Å²) in [4.78, 5) is 22.4. The maximum atomic E-state index is 12.4. The second-order valence-electron chi connectivity index (χ2n) is 6.29. The molecule has 126 valence electrons. The van der Waals surface area contributed by atoms with Gasteiger partial charge in [-0.25, -0.2) is 4.98 Å². The summed E-state index contributed by atoms with van der Waals surface area (Å²) in [6.07, 6.45) is 6.05. The Labute approximate surface area is 144 Å². The highest BCUT2D eigenvalue weighted by atomic mass is 32.1. The Morgan fingerprint density at radius 2 is 2.29 bits per heavy atom. The molecule has 1 atom stereocenters. The molecule has 4 heterocycles. The molecule has 2 aliphatic heterocycles. The molecule has 0 bridgehead atoms. The second-order valence-corrected chi connectivity index (χ2v) is 7.01. The normalized spacial score (nSPS) is 22.7. The number of nitrogens with zero attached hydrogens (tertiary/aromatic N) is 3. The van der Waals surface area contributed by atoms with Crippen molar-refractivity contribution in [3.05, 3.63) is 41.1 Å². The Bertz CT molecular complexity index is 684. The topological polar surface area (TPSA) is 64.6 Å². The van der Waals surface area contributed by atoms with Crippen LogP contribution in [0.25, 0.3) is 0 Å². The van der Waals surface area contributed by atoms with Crippen LogP contribution >= 0.6 is 11.3 Å². The first kappa shape index (κ1) is 15.5. The highest BCUT2D eigenvalue weighted by molar-refractivity contribution is 7.07. The molecule has 0 saturated carbocycles. The summed E-state index contributed by atoms with van der Waals surface area (Å²) in [7, 11) is 0. The van der Waals surface area contributed by atoms with Crippen molar-refractivity contribution in [3.63, 3.8) is 0 Å². The Hall–Kier alpha value is -1.99. The first-order valence-electron chi connectivity index (χ1n) is 8.12. The lowest BCUT2D eigenvalue weighted by Crippen LogP contribution is -2.46. The lowest BCUT2D eigenvalue weighted by atomic mass is 9.88. The molecule has 2 fully saturated rings. The summed E-state index contributed by atoms with van der Waals surface area (Å²) >= 11 is 1.45. The number of piperidine rings is 1. The van der Waals surface area contributed by atoms with Gasteiger partial charge in [-0.1, -0.05) is 0 Å². The van der Waals surface area contributed by atoms with Crippen LogP contribution in [0.5, 0.6) is 5.75 Å². The van der Waals surface area contributed by atoms with E-state index in [0.29, 0.717) is 25.4 Å². The molecule has 2 aromatic rings. The van der Waals surface area contributed by atoms with E-state index in [1.165, 1.54) is 11.3 Å². The molecule has 0 N–H and O–H groups in total. The van der Waals surface area contributed by atoms with Crippen molar-refractivity contribution in [2.45, 2.75) is 31.0 Å². The minimum absolute atomic E-state index is 0.0206. The number of aromatic nitrogens is 2. The minimum atomic E-state index is -0.161. The number of amides is 1. The van der Waals surface area contributed by atoms with Crippen molar-refractivity contribution in [1.29, 1.82) is 0 Å². The highest BCUT2D eigenvalue weighted by Gasteiger charge is 2.44. The third-order valence-corrected chi connectivity index (χ3v) is 5.31. The van der Waals surface area contributed by atoms with Crippen molar-refractivity contribution in [3.8, 4) is 5.75 Å². The summed E-state index contributed by atoms with van der Waals surface area (Å²) in [5.41, 5.74) is 2.08. The average molecular weight is 345 g/mol. The summed E-state index contributed by atoms with van der Waals surface area (Å²) in [5, 5.41) is 1.80. The van der Waals surface area contributed by atoms with E-state index in [4.69, 9.17) is 9.47 Å². The van der Waals surface area contributed by atoms with Crippen LogP contribution < -0.4 is 4.74 Å². The van der Waals surface area contributed by atoms with Crippen molar-refractivity contribution < 1.29 is 14.3 Å². The molecule has 0 aliphatic carbocycles. The van der Waals surface area contributed by atoms with E-state index in [1.807, 2.05) is 17.0 Å². The van der Waals surface area contributed by atoms with E-state index in [0.717, 1.165) is 25.0 Å². The van der Waals surface area contributed by atoms with Gasteiger partial charge in [-0.15, -0.1) is 11.3 Å². The van der Waals surface area contributed by atoms with Gasteiger partial charge in [0.15, 0.2) is 0 Å². The fourth-order valence-electron chi connectivity index (χ4n) is 3.43. The van der Waals surface area contributed by atoms with Gasteiger partial charge in [0.2, 0.25) is 0 Å². The zero-order chi connectivity index (χ0) is 16.4. The van der Waals surface area contributed by atoms with Crippen LogP contribution in [0.2, 0.25) is 0 Å². The molecule has 6 nitrogen and oxygen atoms in total. The van der Waals surface area contributed by atoms with Crippen molar-refractivity contribution in [2.24, 2.45) is 0 Å². The molecule has 1 spiro atoms. The van der Waals surface area contributed by atoms with Gasteiger partial charge >= 0.3 is 0 Å². The molecule has 4 rings (SSSR count). The highest BCUT2D eigenvalue weighted by Crippen LogP contribution is 2.37. The Morgan fingerprint density at radius 1 is 1.42 bits per heavy atom. The van der Waals surface area contributed by atoms with Crippen LogP contribution in [-0.4, -0.2) is 52.2 Å². The summed E-state index contributed by atoms with van der Waals surface area (Å²) < 4.78 is 12.0. The maximum absolute atomic E-state index is 12.4. The van der Waals surface area contributed by atoms with Gasteiger partial charge in [0.25, 0.3) is 5.91 Å². The van der Waals surface area contributed by atoms with E-state index >= 15 is 0 Å². The SMILES string of the molecule is O=C(c1cscn1)N1CCC2(CC1)CC(Oc1cccnc1)CO2. The van der Waals surface area contributed by atoms with Gasteiger partial charge in [0.1, 0.15) is 17.5 Å². The van der Waals surface area contributed by atoms with E-state index in [2.05, 4.69) is 9.97 Å². The molecule has 1 amide bonds. The van der Waals surface area contributed by atoms with E-state index in [1.54, 1.807) is 23.3 Å². The molecule has 2 saturated heterocycles. The van der Waals surface area contributed by atoms with Crippen LogP contribution in [0.1, 0.15) is 29.8 Å². The van der Waals surface area contributed by atoms with Crippen LogP contribution in [-0.2, 0) is 4.74 Å². The van der Waals surface area contributed by atoms with Crippen molar-refractivity contribution in [1.82, 2.24) is 14.9 Å². The number of rotatable bonds is 3. The van der Waals surface area contributed by atoms with E-state index in [9.17, 15) is 4.79 Å². The molecule has 24 heavy (non-hydrogen) atoms. The third-order valence-electron chi connectivity index (χ3n) is 4.73. The van der Waals surface area contributed by atoms with Crippen molar-refractivity contribution >= 4 is 17.2 Å². The quantitative estimate of drug-likeness (QED) is 0.855. The second kappa shape index (κ2) is 6.49. The Balaban J connectivity index is 1.33. The third kappa shape index (κ3) is 3.14.